The Kier molecular flexibility index (Phi) is 7.59. The Morgan fingerprint density at radius 3 is 2.55 bits per heavy atom. The number of methoxy groups -OCH3 is 1. The van der Waals surface area contributed by atoms with Crippen molar-refractivity contribution in [2.75, 3.05) is 62.0 Å². The van der Waals surface area contributed by atoms with Gasteiger partial charge in [-0.05, 0) is 71.8 Å². The van der Waals surface area contributed by atoms with Crippen molar-refractivity contribution in [3.8, 4) is 17.1 Å². The van der Waals surface area contributed by atoms with E-state index >= 15 is 0 Å². The summed E-state index contributed by atoms with van der Waals surface area (Å²) < 4.78 is 16.6. The third-order valence-corrected chi connectivity index (χ3v) is 7.67. The zero-order valence-electron chi connectivity index (χ0n) is 24.2. The Morgan fingerprint density at radius 1 is 1.07 bits per heavy atom. The van der Waals surface area contributed by atoms with Crippen molar-refractivity contribution >= 4 is 23.5 Å². The Labute approximate surface area is 235 Å². The number of carbonyl (C=O) groups is 1. The van der Waals surface area contributed by atoms with Crippen LogP contribution in [0.5, 0.6) is 5.75 Å². The molecule has 1 aromatic carbocycles. The number of nitrogens with one attached hydrogen (secondary N) is 1. The van der Waals surface area contributed by atoms with E-state index in [0.717, 1.165) is 51.3 Å². The molecule has 11 heteroatoms. The van der Waals surface area contributed by atoms with E-state index in [1.165, 1.54) is 5.69 Å². The Bertz CT molecular complexity index is 1340. The summed E-state index contributed by atoms with van der Waals surface area (Å²) >= 11 is 0. The van der Waals surface area contributed by atoms with Crippen LogP contribution in [-0.2, 0) is 4.74 Å². The van der Waals surface area contributed by atoms with Crippen LogP contribution in [0.25, 0.3) is 11.4 Å². The number of carbonyl (C=O) groups excluding carboxylic acids is 1. The first-order valence-corrected chi connectivity index (χ1v) is 13.7. The number of rotatable bonds is 5. The van der Waals surface area contributed by atoms with Gasteiger partial charge in [0, 0.05) is 73.2 Å². The number of amides is 1. The quantitative estimate of drug-likeness (QED) is 0.485. The third-order valence-electron chi connectivity index (χ3n) is 7.67. The molecule has 1 amide bonds. The standard InChI is InChI=1S/C29H39N7O4/c1-20-15-23(7-10-30-20)35-11-8-29(9-12-35)19-36(14-13-34(29)5)26-32-25(33-40-26)21-16-22(18-24(17-21)38-6)31-27(37)39-28(2,3)4/h7,10,15-18H,8-9,11-14,19H2,1-6H3,(H,31,37). The average Bonchev–Trinajstić information content (AvgIpc) is 3.40. The van der Waals surface area contributed by atoms with E-state index in [4.69, 9.17) is 19.0 Å². The largest absolute Gasteiger partial charge is 0.497 e. The van der Waals surface area contributed by atoms with Gasteiger partial charge < -0.3 is 23.8 Å². The van der Waals surface area contributed by atoms with E-state index in [0.29, 0.717) is 28.8 Å². The Balaban J connectivity index is 1.30. The number of benzene rings is 1. The molecule has 11 nitrogen and oxygen atoms in total. The zero-order chi connectivity index (χ0) is 28.5. The second-order valence-corrected chi connectivity index (χ2v) is 11.7. The summed E-state index contributed by atoms with van der Waals surface area (Å²) in [6.45, 7) is 12.0. The van der Waals surface area contributed by atoms with Crippen LogP contribution >= 0.6 is 0 Å². The Hall–Kier alpha value is -3.86. The summed E-state index contributed by atoms with van der Waals surface area (Å²) in [5.41, 5.74) is 2.89. The molecule has 214 valence electrons. The molecule has 0 atom stereocenters. The zero-order valence-corrected chi connectivity index (χ0v) is 24.2. The molecule has 0 saturated carbocycles. The lowest BCUT2D eigenvalue weighted by Crippen LogP contribution is -2.64. The molecule has 4 heterocycles. The number of pyridine rings is 1. The fourth-order valence-corrected chi connectivity index (χ4v) is 5.48. The molecular formula is C29H39N7O4. The van der Waals surface area contributed by atoms with E-state index in [9.17, 15) is 4.79 Å². The molecule has 2 aromatic heterocycles. The van der Waals surface area contributed by atoms with Crippen molar-refractivity contribution in [2.24, 2.45) is 0 Å². The summed E-state index contributed by atoms with van der Waals surface area (Å²) in [7, 11) is 3.79. The fourth-order valence-electron chi connectivity index (χ4n) is 5.48. The second-order valence-electron chi connectivity index (χ2n) is 11.7. The van der Waals surface area contributed by atoms with Gasteiger partial charge in [-0.25, -0.2) is 4.79 Å². The van der Waals surface area contributed by atoms with E-state index in [1.54, 1.807) is 19.2 Å². The van der Waals surface area contributed by atoms with Crippen molar-refractivity contribution in [2.45, 2.75) is 51.7 Å². The van der Waals surface area contributed by atoms with Gasteiger partial charge in [0.05, 0.1) is 7.11 Å². The number of ether oxygens (including phenoxy) is 2. The molecule has 1 spiro atoms. The molecule has 0 bridgehead atoms. The number of aryl methyl sites for hydroxylation is 1. The number of piperidine rings is 1. The van der Waals surface area contributed by atoms with Crippen molar-refractivity contribution in [3.05, 3.63) is 42.2 Å². The highest BCUT2D eigenvalue weighted by atomic mass is 16.6. The second kappa shape index (κ2) is 11.0. The number of aromatic nitrogens is 3. The summed E-state index contributed by atoms with van der Waals surface area (Å²) in [6.07, 6.45) is 3.42. The lowest BCUT2D eigenvalue weighted by molar-refractivity contribution is 0.0636. The minimum atomic E-state index is -0.608. The van der Waals surface area contributed by atoms with Gasteiger partial charge in [-0.1, -0.05) is 5.16 Å². The highest BCUT2D eigenvalue weighted by Crippen LogP contribution is 2.36. The summed E-state index contributed by atoms with van der Waals surface area (Å²) in [5.74, 6) is 0.988. The number of hydrogen-bond donors (Lipinski definition) is 1. The van der Waals surface area contributed by atoms with Crippen LogP contribution in [0.3, 0.4) is 0 Å². The predicted octanol–water partition coefficient (Wildman–Crippen LogP) is 4.59. The van der Waals surface area contributed by atoms with Gasteiger partial charge in [0.25, 0.3) is 0 Å². The number of piperazine rings is 1. The first kappa shape index (κ1) is 27.7. The van der Waals surface area contributed by atoms with Crippen LogP contribution in [0.2, 0.25) is 0 Å². The lowest BCUT2D eigenvalue weighted by Gasteiger charge is -2.53. The van der Waals surface area contributed by atoms with Crippen molar-refractivity contribution < 1.29 is 18.8 Å². The molecular weight excluding hydrogens is 510 g/mol. The molecule has 2 saturated heterocycles. The molecule has 0 radical (unpaired) electrons. The molecule has 3 aromatic rings. The van der Waals surface area contributed by atoms with Crippen LogP contribution in [0, 0.1) is 6.92 Å². The van der Waals surface area contributed by atoms with Gasteiger partial charge >= 0.3 is 12.1 Å². The van der Waals surface area contributed by atoms with E-state index in [1.807, 2.05) is 40.0 Å². The predicted molar refractivity (Wildman–Crippen MR) is 154 cm³/mol. The highest BCUT2D eigenvalue weighted by molar-refractivity contribution is 5.86. The van der Waals surface area contributed by atoms with Crippen LogP contribution < -0.4 is 19.9 Å². The smallest absolute Gasteiger partial charge is 0.412 e. The van der Waals surface area contributed by atoms with Crippen LogP contribution in [0.1, 0.15) is 39.3 Å². The van der Waals surface area contributed by atoms with Crippen molar-refractivity contribution in [1.82, 2.24) is 20.0 Å². The molecule has 40 heavy (non-hydrogen) atoms. The number of anilines is 3. The molecule has 2 fully saturated rings. The monoisotopic (exact) mass is 549 g/mol. The van der Waals surface area contributed by atoms with E-state index < -0.39 is 11.7 Å². The summed E-state index contributed by atoms with van der Waals surface area (Å²) in [5, 5.41) is 7.04. The fraction of sp³-hybridized carbons (Fsp3) is 0.517. The van der Waals surface area contributed by atoms with Gasteiger partial charge in [0.2, 0.25) is 5.82 Å². The summed E-state index contributed by atoms with van der Waals surface area (Å²) in [4.78, 5) is 28.6. The van der Waals surface area contributed by atoms with Gasteiger partial charge in [-0.15, -0.1) is 0 Å². The first-order chi connectivity index (χ1) is 19.0. The average molecular weight is 550 g/mol. The van der Waals surface area contributed by atoms with Crippen LogP contribution in [-0.4, -0.2) is 84.1 Å². The molecule has 2 aliphatic heterocycles. The van der Waals surface area contributed by atoms with Gasteiger partial charge in [0.1, 0.15) is 11.4 Å². The van der Waals surface area contributed by atoms with Gasteiger partial charge in [-0.3, -0.25) is 15.2 Å². The maximum absolute atomic E-state index is 12.3. The summed E-state index contributed by atoms with van der Waals surface area (Å²) in [6, 6.07) is 10.1. The van der Waals surface area contributed by atoms with E-state index in [-0.39, 0.29) is 5.54 Å². The Morgan fingerprint density at radius 2 is 1.85 bits per heavy atom. The number of likely N-dealkylation sites (N-methyl/N-ethyl adjacent to an activating group) is 1. The first-order valence-electron chi connectivity index (χ1n) is 13.7. The SMILES string of the molecule is COc1cc(NC(=O)OC(C)(C)C)cc(-c2noc(N3CCN(C)C4(CCN(c5ccnc(C)c5)CC4)C3)n2)c1. The molecule has 0 aliphatic carbocycles. The topological polar surface area (TPSA) is 109 Å². The third kappa shape index (κ3) is 6.14. The minimum Gasteiger partial charge on any atom is -0.497 e. The van der Waals surface area contributed by atoms with Gasteiger partial charge in [0.15, 0.2) is 0 Å². The molecule has 5 rings (SSSR count). The lowest BCUT2D eigenvalue weighted by atomic mass is 9.83. The normalized spacial score (nSPS) is 17.6. The maximum atomic E-state index is 12.3. The molecule has 2 aliphatic rings. The van der Waals surface area contributed by atoms with Crippen molar-refractivity contribution in [3.63, 3.8) is 0 Å². The van der Waals surface area contributed by atoms with Crippen molar-refractivity contribution in [1.29, 1.82) is 0 Å². The minimum absolute atomic E-state index is 0.0337. The van der Waals surface area contributed by atoms with Crippen LogP contribution in [0.15, 0.2) is 41.1 Å². The van der Waals surface area contributed by atoms with Gasteiger partial charge in [-0.2, -0.15) is 4.98 Å². The molecule has 0 unspecified atom stereocenters. The van der Waals surface area contributed by atoms with Crippen LogP contribution in [0.4, 0.5) is 22.2 Å². The molecule has 1 N–H and O–H groups in total. The highest BCUT2D eigenvalue weighted by Gasteiger charge is 2.43. The number of hydrogen-bond acceptors (Lipinski definition) is 10. The van der Waals surface area contributed by atoms with E-state index in [2.05, 4.69) is 49.3 Å². The number of nitrogens with zero attached hydrogens (tertiary/aromatic N) is 6. The maximum Gasteiger partial charge on any atom is 0.412 e.